The van der Waals surface area contributed by atoms with Crippen molar-refractivity contribution in [2.45, 2.75) is 6.54 Å². The first-order chi connectivity index (χ1) is 10.1. The van der Waals surface area contributed by atoms with E-state index in [2.05, 4.69) is 15.5 Å². The van der Waals surface area contributed by atoms with Crippen molar-refractivity contribution in [3.63, 3.8) is 0 Å². The molecule has 7 heteroatoms. The largest absolute Gasteiger partial charge is 0.399 e. The Morgan fingerprint density at radius 1 is 1.00 bits per heavy atom. The summed E-state index contributed by atoms with van der Waals surface area (Å²) < 4.78 is 1.69. The van der Waals surface area contributed by atoms with E-state index in [0.29, 0.717) is 28.8 Å². The van der Waals surface area contributed by atoms with Crippen molar-refractivity contribution < 1.29 is 0 Å². The number of rotatable bonds is 3. The van der Waals surface area contributed by atoms with Crippen LogP contribution in [0.3, 0.4) is 0 Å². The second-order valence-corrected chi connectivity index (χ2v) is 5.11. The van der Waals surface area contributed by atoms with Crippen molar-refractivity contribution in [2.75, 3.05) is 11.5 Å². The predicted octanol–water partition coefficient (Wildman–Crippen LogP) is 2.21. The molecule has 3 aromatic rings. The smallest absolute Gasteiger partial charge is 0.182 e. The van der Waals surface area contributed by atoms with Gasteiger partial charge in [-0.05, 0) is 46.3 Å². The Morgan fingerprint density at radius 3 is 2.33 bits per heavy atom. The van der Waals surface area contributed by atoms with Gasteiger partial charge in [0, 0.05) is 22.0 Å². The lowest BCUT2D eigenvalue weighted by molar-refractivity contribution is 0.653. The zero-order valence-corrected chi connectivity index (χ0v) is 11.8. The quantitative estimate of drug-likeness (QED) is 0.723. The van der Waals surface area contributed by atoms with Crippen LogP contribution < -0.4 is 11.5 Å². The molecule has 0 radical (unpaired) electrons. The fraction of sp³-hybridized carbons (Fsp3) is 0.0714. The fourth-order valence-electron chi connectivity index (χ4n) is 2.09. The SMILES string of the molecule is Nc1cc(N)cc(-c2nnnn2Cc2ccc(Cl)cc2)c1. The summed E-state index contributed by atoms with van der Waals surface area (Å²) in [5.74, 6) is 0.615. The normalized spacial score (nSPS) is 10.7. The molecular weight excluding hydrogens is 288 g/mol. The van der Waals surface area contributed by atoms with Crippen LogP contribution in [0.25, 0.3) is 11.4 Å². The van der Waals surface area contributed by atoms with Gasteiger partial charge in [0.25, 0.3) is 0 Å². The number of hydrogen-bond acceptors (Lipinski definition) is 5. The highest BCUT2D eigenvalue weighted by molar-refractivity contribution is 6.30. The van der Waals surface area contributed by atoms with Crippen LogP contribution in [0.1, 0.15) is 5.56 Å². The Kier molecular flexibility index (Phi) is 3.45. The summed E-state index contributed by atoms with van der Waals surface area (Å²) in [4.78, 5) is 0. The van der Waals surface area contributed by atoms with E-state index in [1.54, 1.807) is 22.9 Å². The lowest BCUT2D eigenvalue weighted by Gasteiger charge is -2.07. The minimum Gasteiger partial charge on any atom is -0.399 e. The van der Waals surface area contributed by atoms with Crippen LogP contribution in [0.2, 0.25) is 5.02 Å². The summed E-state index contributed by atoms with van der Waals surface area (Å²) in [6.07, 6.45) is 0. The van der Waals surface area contributed by atoms with Gasteiger partial charge in [-0.15, -0.1) is 5.10 Å². The van der Waals surface area contributed by atoms with Gasteiger partial charge in [-0.25, -0.2) is 4.68 Å². The maximum Gasteiger partial charge on any atom is 0.182 e. The summed E-state index contributed by atoms with van der Waals surface area (Å²) in [6.45, 7) is 0.536. The third kappa shape index (κ3) is 2.95. The number of nitrogens with two attached hydrogens (primary N) is 2. The lowest BCUT2D eigenvalue weighted by Crippen LogP contribution is -2.05. The molecule has 0 bridgehead atoms. The maximum atomic E-state index is 5.88. The van der Waals surface area contributed by atoms with E-state index >= 15 is 0 Å². The Balaban J connectivity index is 1.95. The van der Waals surface area contributed by atoms with Crippen molar-refractivity contribution in [1.82, 2.24) is 20.2 Å². The van der Waals surface area contributed by atoms with Crippen LogP contribution in [-0.2, 0) is 6.54 Å². The number of anilines is 2. The molecule has 1 aromatic heterocycles. The summed E-state index contributed by atoms with van der Waals surface area (Å²) in [7, 11) is 0. The minimum atomic E-state index is 0.536. The molecular formula is C14H13ClN6. The Labute approximate surface area is 126 Å². The van der Waals surface area contributed by atoms with E-state index in [-0.39, 0.29) is 0 Å². The van der Waals surface area contributed by atoms with Gasteiger partial charge in [0.2, 0.25) is 0 Å². The van der Waals surface area contributed by atoms with Crippen LogP contribution in [0, 0.1) is 0 Å². The number of nitrogen functional groups attached to an aromatic ring is 2. The first-order valence-electron chi connectivity index (χ1n) is 6.29. The van der Waals surface area contributed by atoms with Gasteiger partial charge >= 0.3 is 0 Å². The summed E-state index contributed by atoms with van der Waals surface area (Å²) in [6, 6.07) is 12.8. The molecule has 1 heterocycles. The average molecular weight is 301 g/mol. The lowest BCUT2D eigenvalue weighted by atomic mass is 10.1. The standard InChI is InChI=1S/C14H13ClN6/c15-11-3-1-9(2-4-11)8-21-14(18-19-20-21)10-5-12(16)7-13(17)6-10/h1-7H,8,16-17H2. The third-order valence-electron chi connectivity index (χ3n) is 3.01. The maximum absolute atomic E-state index is 5.88. The van der Waals surface area contributed by atoms with Crippen molar-refractivity contribution in [2.24, 2.45) is 0 Å². The molecule has 0 amide bonds. The van der Waals surface area contributed by atoms with E-state index in [1.165, 1.54) is 0 Å². The van der Waals surface area contributed by atoms with E-state index in [9.17, 15) is 0 Å². The third-order valence-corrected chi connectivity index (χ3v) is 3.27. The minimum absolute atomic E-state index is 0.536. The first-order valence-corrected chi connectivity index (χ1v) is 6.66. The van der Waals surface area contributed by atoms with Gasteiger partial charge < -0.3 is 11.5 Å². The molecule has 6 nitrogen and oxygen atoms in total. The summed E-state index contributed by atoms with van der Waals surface area (Å²) in [5.41, 5.74) is 14.6. The zero-order chi connectivity index (χ0) is 14.8. The molecule has 0 fully saturated rings. The molecule has 0 aliphatic heterocycles. The second kappa shape index (κ2) is 5.41. The van der Waals surface area contributed by atoms with Crippen LogP contribution >= 0.6 is 11.6 Å². The monoisotopic (exact) mass is 300 g/mol. The Hall–Kier alpha value is -2.60. The number of nitrogens with zero attached hydrogens (tertiary/aromatic N) is 4. The number of hydrogen-bond donors (Lipinski definition) is 2. The van der Waals surface area contributed by atoms with Crippen molar-refractivity contribution in [3.8, 4) is 11.4 Å². The molecule has 4 N–H and O–H groups in total. The Morgan fingerprint density at radius 2 is 1.67 bits per heavy atom. The molecule has 0 spiro atoms. The molecule has 2 aromatic carbocycles. The van der Waals surface area contributed by atoms with Crippen LogP contribution in [0.5, 0.6) is 0 Å². The first kappa shape index (κ1) is 13.4. The Bertz CT molecular complexity index is 745. The van der Waals surface area contributed by atoms with Gasteiger partial charge in [0.05, 0.1) is 6.54 Å². The highest BCUT2D eigenvalue weighted by Crippen LogP contribution is 2.23. The van der Waals surface area contributed by atoms with Gasteiger partial charge in [-0.1, -0.05) is 23.7 Å². The van der Waals surface area contributed by atoms with E-state index in [0.717, 1.165) is 11.1 Å². The summed E-state index contributed by atoms with van der Waals surface area (Å²) in [5, 5.41) is 12.5. The number of aromatic nitrogens is 4. The van der Waals surface area contributed by atoms with E-state index in [1.807, 2.05) is 24.3 Å². The van der Waals surface area contributed by atoms with Crippen molar-refractivity contribution in [3.05, 3.63) is 53.1 Å². The van der Waals surface area contributed by atoms with Gasteiger partial charge in [0.1, 0.15) is 0 Å². The van der Waals surface area contributed by atoms with Gasteiger partial charge in [-0.2, -0.15) is 0 Å². The second-order valence-electron chi connectivity index (χ2n) is 4.67. The van der Waals surface area contributed by atoms with Gasteiger partial charge in [0.15, 0.2) is 5.82 Å². The number of tetrazole rings is 1. The van der Waals surface area contributed by atoms with E-state index in [4.69, 9.17) is 23.1 Å². The fourth-order valence-corrected chi connectivity index (χ4v) is 2.21. The van der Waals surface area contributed by atoms with Crippen molar-refractivity contribution in [1.29, 1.82) is 0 Å². The van der Waals surface area contributed by atoms with Crippen LogP contribution in [0.4, 0.5) is 11.4 Å². The number of halogens is 1. The molecule has 0 aliphatic rings. The molecule has 0 unspecified atom stereocenters. The molecule has 106 valence electrons. The average Bonchev–Trinajstić information content (AvgIpc) is 2.88. The topological polar surface area (TPSA) is 95.6 Å². The molecule has 3 rings (SSSR count). The highest BCUT2D eigenvalue weighted by Gasteiger charge is 2.10. The highest BCUT2D eigenvalue weighted by atomic mass is 35.5. The van der Waals surface area contributed by atoms with Crippen LogP contribution in [-0.4, -0.2) is 20.2 Å². The van der Waals surface area contributed by atoms with Crippen LogP contribution in [0.15, 0.2) is 42.5 Å². The van der Waals surface area contributed by atoms with Crippen molar-refractivity contribution >= 4 is 23.0 Å². The van der Waals surface area contributed by atoms with Gasteiger partial charge in [-0.3, -0.25) is 0 Å². The number of benzene rings is 2. The molecule has 21 heavy (non-hydrogen) atoms. The predicted molar refractivity (Wildman–Crippen MR) is 82.6 cm³/mol. The zero-order valence-electron chi connectivity index (χ0n) is 11.1. The van der Waals surface area contributed by atoms with E-state index < -0.39 is 0 Å². The molecule has 0 aliphatic carbocycles. The molecule has 0 saturated carbocycles. The molecule has 0 atom stereocenters. The molecule has 0 saturated heterocycles. The summed E-state index contributed by atoms with van der Waals surface area (Å²) >= 11 is 5.88.